The zero-order valence-electron chi connectivity index (χ0n) is 15.8. The molecule has 1 aliphatic rings. The van der Waals surface area contributed by atoms with Gasteiger partial charge in [-0.25, -0.2) is 0 Å². The van der Waals surface area contributed by atoms with Crippen molar-refractivity contribution in [3.8, 4) is 0 Å². The van der Waals surface area contributed by atoms with Crippen LogP contribution in [0.15, 0.2) is 18.3 Å². The molecule has 26 heavy (non-hydrogen) atoms. The molecular formula is C18H28N6O2. The van der Waals surface area contributed by atoms with Crippen molar-refractivity contribution in [3.05, 3.63) is 35.4 Å². The van der Waals surface area contributed by atoms with Crippen LogP contribution in [0.2, 0.25) is 0 Å². The Bertz CT molecular complexity index is 738. The highest BCUT2D eigenvalue weighted by molar-refractivity contribution is 5.77. The van der Waals surface area contributed by atoms with Gasteiger partial charge in [0.2, 0.25) is 5.91 Å². The lowest BCUT2D eigenvalue weighted by atomic mass is 10.1. The standard InChI is InChI=1S/C18H28N6O2/c1-14-8-17(22(2)21-14)12-23-9-15(4-6-19-18(25)13-26-3)10-24-16(11-23)5-7-20-24/h5,7-8,15H,4,6,9-13H2,1-3H3,(H,19,25)/t15-/m1/s1. The third kappa shape index (κ3) is 4.70. The van der Waals surface area contributed by atoms with Crippen LogP contribution in [-0.2, 0) is 36.2 Å². The predicted octanol–water partition coefficient (Wildman–Crippen LogP) is 0.710. The predicted molar refractivity (Wildman–Crippen MR) is 97.3 cm³/mol. The molecule has 1 aliphatic heterocycles. The molecule has 142 valence electrons. The highest BCUT2D eigenvalue weighted by Crippen LogP contribution is 2.20. The van der Waals surface area contributed by atoms with Crippen LogP contribution in [0.4, 0.5) is 0 Å². The van der Waals surface area contributed by atoms with Crippen LogP contribution in [0.3, 0.4) is 0 Å². The van der Waals surface area contributed by atoms with Crippen LogP contribution in [0.1, 0.15) is 23.5 Å². The maximum atomic E-state index is 11.6. The number of carbonyl (C=O) groups excluding carboxylic acids is 1. The number of carbonyl (C=O) groups is 1. The van der Waals surface area contributed by atoms with Crippen LogP contribution in [0, 0.1) is 12.8 Å². The van der Waals surface area contributed by atoms with Crippen molar-refractivity contribution in [3.63, 3.8) is 0 Å². The van der Waals surface area contributed by atoms with E-state index in [-0.39, 0.29) is 12.5 Å². The minimum Gasteiger partial charge on any atom is -0.375 e. The van der Waals surface area contributed by atoms with E-state index in [1.807, 2.05) is 24.9 Å². The smallest absolute Gasteiger partial charge is 0.245 e. The van der Waals surface area contributed by atoms with Crippen molar-refractivity contribution in [1.29, 1.82) is 0 Å². The summed E-state index contributed by atoms with van der Waals surface area (Å²) in [4.78, 5) is 14.0. The average Bonchev–Trinajstić information content (AvgIpc) is 3.09. The van der Waals surface area contributed by atoms with Crippen LogP contribution in [0.25, 0.3) is 0 Å². The number of rotatable bonds is 7. The van der Waals surface area contributed by atoms with Crippen LogP contribution >= 0.6 is 0 Å². The largest absolute Gasteiger partial charge is 0.375 e. The molecule has 0 spiro atoms. The van der Waals surface area contributed by atoms with Crippen LogP contribution in [0.5, 0.6) is 0 Å². The number of hydrogen-bond donors (Lipinski definition) is 1. The van der Waals surface area contributed by atoms with E-state index < -0.39 is 0 Å². The van der Waals surface area contributed by atoms with Crippen molar-refractivity contribution >= 4 is 5.91 Å². The molecule has 0 bridgehead atoms. The maximum absolute atomic E-state index is 11.6. The summed E-state index contributed by atoms with van der Waals surface area (Å²) in [6.45, 7) is 6.36. The van der Waals surface area contributed by atoms with Crippen LogP contribution in [-0.4, -0.2) is 57.2 Å². The molecule has 0 fully saturated rings. The quantitative estimate of drug-likeness (QED) is 0.787. The van der Waals surface area contributed by atoms with E-state index in [2.05, 4.69) is 37.2 Å². The second-order valence-electron chi connectivity index (χ2n) is 7.01. The molecule has 0 saturated heterocycles. The first kappa shape index (κ1) is 18.6. The Morgan fingerprint density at radius 1 is 1.42 bits per heavy atom. The Hall–Kier alpha value is -2.19. The Labute approximate surface area is 154 Å². The number of aromatic nitrogens is 4. The fourth-order valence-corrected chi connectivity index (χ4v) is 3.56. The first-order valence-corrected chi connectivity index (χ1v) is 9.03. The summed E-state index contributed by atoms with van der Waals surface area (Å²) in [5.41, 5.74) is 3.48. The van der Waals surface area contributed by atoms with Gasteiger partial charge < -0.3 is 10.1 Å². The van der Waals surface area contributed by atoms with Gasteiger partial charge in [0.25, 0.3) is 0 Å². The lowest BCUT2D eigenvalue weighted by molar-refractivity contribution is -0.124. The summed E-state index contributed by atoms with van der Waals surface area (Å²) in [7, 11) is 3.52. The molecule has 0 aromatic carbocycles. The number of amides is 1. The lowest BCUT2D eigenvalue weighted by Crippen LogP contribution is -2.33. The fourth-order valence-electron chi connectivity index (χ4n) is 3.56. The van der Waals surface area contributed by atoms with Gasteiger partial charge in [0, 0.05) is 53.1 Å². The van der Waals surface area contributed by atoms with Gasteiger partial charge in [-0.3, -0.25) is 19.1 Å². The Balaban J connectivity index is 1.64. The minimum absolute atomic E-state index is 0.0666. The van der Waals surface area contributed by atoms with Crippen molar-refractivity contribution in [2.24, 2.45) is 13.0 Å². The minimum atomic E-state index is -0.0666. The molecule has 1 atom stereocenters. The van der Waals surface area contributed by atoms with E-state index in [1.54, 1.807) is 0 Å². The van der Waals surface area contributed by atoms with E-state index in [0.29, 0.717) is 12.5 Å². The van der Waals surface area contributed by atoms with Gasteiger partial charge in [-0.05, 0) is 31.4 Å². The monoisotopic (exact) mass is 360 g/mol. The van der Waals surface area contributed by atoms with Gasteiger partial charge in [0.1, 0.15) is 6.61 Å². The number of nitrogens with one attached hydrogen (secondary N) is 1. The molecule has 0 saturated carbocycles. The highest BCUT2D eigenvalue weighted by Gasteiger charge is 2.23. The lowest BCUT2D eigenvalue weighted by Gasteiger charge is -2.24. The zero-order chi connectivity index (χ0) is 18.5. The number of hydrogen-bond acceptors (Lipinski definition) is 5. The normalized spacial score (nSPS) is 17.7. The highest BCUT2D eigenvalue weighted by atomic mass is 16.5. The molecule has 0 unspecified atom stereocenters. The van der Waals surface area contributed by atoms with E-state index in [4.69, 9.17) is 4.74 Å². The molecule has 2 aromatic rings. The second kappa shape index (κ2) is 8.46. The fraction of sp³-hybridized carbons (Fsp3) is 0.611. The maximum Gasteiger partial charge on any atom is 0.245 e. The molecule has 1 N–H and O–H groups in total. The van der Waals surface area contributed by atoms with Gasteiger partial charge in [0.15, 0.2) is 0 Å². The SMILES string of the molecule is COCC(=O)NCC[C@@H]1CN(Cc2cc(C)nn2C)Cc2ccnn2C1. The summed E-state index contributed by atoms with van der Waals surface area (Å²) in [5, 5.41) is 11.8. The number of aryl methyl sites for hydroxylation is 2. The van der Waals surface area contributed by atoms with E-state index >= 15 is 0 Å². The number of methoxy groups -OCH3 is 1. The number of ether oxygens (including phenoxy) is 1. The average molecular weight is 360 g/mol. The Kier molecular flexibility index (Phi) is 6.05. The molecule has 8 nitrogen and oxygen atoms in total. The van der Waals surface area contributed by atoms with Crippen molar-refractivity contribution in [2.45, 2.75) is 33.0 Å². The Morgan fingerprint density at radius 2 is 2.27 bits per heavy atom. The van der Waals surface area contributed by atoms with Gasteiger partial charge in [0.05, 0.1) is 17.1 Å². The molecule has 3 heterocycles. The van der Waals surface area contributed by atoms with Crippen LogP contribution < -0.4 is 5.32 Å². The van der Waals surface area contributed by atoms with Gasteiger partial charge in [-0.15, -0.1) is 0 Å². The third-order valence-corrected chi connectivity index (χ3v) is 4.77. The third-order valence-electron chi connectivity index (χ3n) is 4.77. The van der Waals surface area contributed by atoms with E-state index in [9.17, 15) is 4.79 Å². The molecular weight excluding hydrogens is 332 g/mol. The summed E-state index contributed by atoms with van der Waals surface area (Å²) >= 11 is 0. The van der Waals surface area contributed by atoms with Crippen molar-refractivity contribution in [1.82, 2.24) is 29.8 Å². The van der Waals surface area contributed by atoms with E-state index in [0.717, 1.165) is 38.3 Å². The molecule has 2 aromatic heterocycles. The molecule has 0 radical (unpaired) electrons. The molecule has 8 heteroatoms. The summed E-state index contributed by atoms with van der Waals surface area (Å²) in [6, 6.07) is 4.23. The molecule has 0 aliphatic carbocycles. The summed E-state index contributed by atoms with van der Waals surface area (Å²) in [6.07, 6.45) is 2.78. The first-order chi connectivity index (χ1) is 12.5. The summed E-state index contributed by atoms with van der Waals surface area (Å²) in [5.74, 6) is 0.358. The second-order valence-corrected chi connectivity index (χ2v) is 7.01. The Morgan fingerprint density at radius 3 is 3.00 bits per heavy atom. The van der Waals surface area contributed by atoms with E-state index in [1.165, 1.54) is 18.5 Å². The topological polar surface area (TPSA) is 77.2 Å². The van der Waals surface area contributed by atoms with Gasteiger partial charge in [-0.2, -0.15) is 10.2 Å². The number of nitrogens with zero attached hydrogens (tertiary/aromatic N) is 5. The van der Waals surface area contributed by atoms with Gasteiger partial charge in [-0.1, -0.05) is 0 Å². The summed E-state index contributed by atoms with van der Waals surface area (Å²) < 4.78 is 8.91. The number of fused-ring (bicyclic) bond motifs is 1. The molecule has 3 rings (SSSR count). The van der Waals surface area contributed by atoms with Crippen molar-refractivity contribution in [2.75, 3.05) is 26.8 Å². The first-order valence-electron chi connectivity index (χ1n) is 9.03. The van der Waals surface area contributed by atoms with Crippen molar-refractivity contribution < 1.29 is 9.53 Å². The van der Waals surface area contributed by atoms with Gasteiger partial charge >= 0.3 is 0 Å². The molecule has 1 amide bonds. The zero-order valence-corrected chi connectivity index (χ0v) is 15.8.